The van der Waals surface area contributed by atoms with E-state index in [0.29, 0.717) is 25.4 Å². The van der Waals surface area contributed by atoms with E-state index in [1.54, 1.807) is 18.3 Å². The Kier molecular flexibility index (Phi) is 5.71. The second-order valence-electron chi connectivity index (χ2n) is 5.25. The second kappa shape index (κ2) is 7.74. The Morgan fingerprint density at radius 1 is 1.55 bits per heavy atom. The van der Waals surface area contributed by atoms with Crippen LogP contribution in [0.5, 0.6) is 5.88 Å². The molecule has 1 unspecified atom stereocenters. The average molecular weight is 307 g/mol. The molecular formula is C15H21N3O4. The molecular weight excluding hydrogens is 286 g/mol. The Labute approximate surface area is 129 Å². The summed E-state index contributed by atoms with van der Waals surface area (Å²) in [4.78, 5) is 29.3. The van der Waals surface area contributed by atoms with Crippen molar-refractivity contribution in [3.05, 3.63) is 23.9 Å². The fourth-order valence-electron chi connectivity index (χ4n) is 2.34. The maximum Gasteiger partial charge on any atom is 0.251 e. The summed E-state index contributed by atoms with van der Waals surface area (Å²) in [5.41, 5.74) is 0.863. The minimum atomic E-state index is -0.986. The van der Waals surface area contributed by atoms with Crippen molar-refractivity contribution in [2.24, 2.45) is 0 Å². The van der Waals surface area contributed by atoms with Crippen molar-refractivity contribution in [3.8, 4) is 5.88 Å². The quantitative estimate of drug-likeness (QED) is 0.804. The van der Waals surface area contributed by atoms with Crippen LogP contribution < -0.4 is 10.1 Å². The van der Waals surface area contributed by atoms with Gasteiger partial charge in [-0.1, -0.05) is 0 Å². The molecule has 2 amide bonds. The van der Waals surface area contributed by atoms with Gasteiger partial charge in [-0.3, -0.25) is 9.59 Å². The Morgan fingerprint density at radius 3 is 3.14 bits per heavy atom. The maximum atomic E-state index is 12.0. The molecule has 2 N–H and O–H groups in total. The number of carbonyl (C=O) groups is 2. The standard InChI is InChI=1S/C15H21N3O4/c1-22-14-8-11(5-6-16-14)9-17-13(20)10-18-7-3-2-4-12(19)15(18)21/h5-6,8,12,19H,2-4,7,9-10H2,1H3,(H,17,20). The molecule has 1 aromatic heterocycles. The molecule has 1 aliphatic heterocycles. The third kappa shape index (κ3) is 4.42. The fourth-order valence-corrected chi connectivity index (χ4v) is 2.34. The van der Waals surface area contributed by atoms with Crippen molar-refractivity contribution in [2.45, 2.75) is 31.9 Å². The summed E-state index contributed by atoms with van der Waals surface area (Å²) in [6, 6.07) is 3.52. The van der Waals surface area contributed by atoms with Gasteiger partial charge in [-0.15, -0.1) is 0 Å². The summed E-state index contributed by atoms with van der Waals surface area (Å²) in [5, 5.41) is 12.4. The first kappa shape index (κ1) is 16.2. The predicted molar refractivity (Wildman–Crippen MR) is 79.1 cm³/mol. The minimum Gasteiger partial charge on any atom is -0.481 e. The van der Waals surface area contributed by atoms with Crippen molar-refractivity contribution in [1.29, 1.82) is 0 Å². The Balaban J connectivity index is 1.85. The highest BCUT2D eigenvalue weighted by Crippen LogP contribution is 2.12. The number of carbonyl (C=O) groups excluding carboxylic acids is 2. The number of hydrogen-bond acceptors (Lipinski definition) is 5. The van der Waals surface area contributed by atoms with Gasteiger partial charge in [0.05, 0.1) is 13.7 Å². The van der Waals surface area contributed by atoms with E-state index in [4.69, 9.17) is 4.74 Å². The van der Waals surface area contributed by atoms with Crippen LogP contribution >= 0.6 is 0 Å². The van der Waals surface area contributed by atoms with Crippen LogP contribution in [0, 0.1) is 0 Å². The van der Waals surface area contributed by atoms with E-state index in [9.17, 15) is 14.7 Å². The third-order valence-corrected chi connectivity index (χ3v) is 3.58. The molecule has 1 aliphatic rings. The Morgan fingerprint density at radius 2 is 2.36 bits per heavy atom. The van der Waals surface area contributed by atoms with Crippen molar-refractivity contribution >= 4 is 11.8 Å². The number of pyridine rings is 1. The van der Waals surface area contributed by atoms with Crippen LogP contribution in [0.3, 0.4) is 0 Å². The lowest BCUT2D eigenvalue weighted by Crippen LogP contribution is -2.44. The summed E-state index contributed by atoms with van der Waals surface area (Å²) in [7, 11) is 1.53. The van der Waals surface area contributed by atoms with Crippen LogP contribution in [0.1, 0.15) is 24.8 Å². The highest BCUT2D eigenvalue weighted by molar-refractivity contribution is 5.87. The van der Waals surface area contributed by atoms with Gasteiger partial charge < -0.3 is 20.1 Å². The SMILES string of the molecule is COc1cc(CNC(=O)CN2CCCCC(O)C2=O)ccn1. The van der Waals surface area contributed by atoms with E-state index in [2.05, 4.69) is 10.3 Å². The lowest BCUT2D eigenvalue weighted by molar-refractivity contribution is -0.142. The summed E-state index contributed by atoms with van der Waals surface area (Å²) in [5.74, 6) is -0.131. The first-order valence-corrected chi connectivity index (χ1v) is 7.32. The van der Waals surface area contributed by atoms with Crippen molar-refractivity contribution in [2.75, 3.05) is 20.2 Å². The van der Waals surface area contributed by atoms with Gasteiger partial charge in [-0.2, -0.15) is 0 Å². The van der Waals surface area contributed by atoms with Crippen LogP contribution in [0.15, 0.2) is 18.3 Å². The number of aliphatic hydroxyl groups excluding tert-OH is 1. The number of hydrogen-bond donors (Lipinski definition) is 2. The zero-order valence-electron chi connectivity index (χ0n) is 12.6. The molecule has 0 saturated carbocycles. The second-order valence-corrected chi connectivity index (χ2v) is 5.25. The van der Waals surface area contributed by atoms with Crippen molar-refractivity contribution in [3.63, 3.8) is 0 Å². The highest BCUT2D eigenvalue weighted by Gasteiger charge is 2.26. The van der Waals surface area contributed by atoms with Crippen LogP contribution in [-0.4, -0.2) is 53.1 Å². The van der Waals surface area contributed by atoms with E-state index in [-0.39, 0.29) is 18.4 Å². The van der Waals surface area contributed by atoms with Gasteiger partial charge in [0.2, 0.25) is 11.8 Å². The van der Waals surface area contributed by atoms with Gasteiger partial charge in [0.25, 0.3) is 5.91 Å². The van der Waals surface area contributed by atoms with Crippen LogP contribution in [0.25, 0.3) is 0 Å². The molecule has 1 atom stereocenters. The number of aromatic nitrogens is 1. The van der Waals surface area contributed by atoms with Crippen LogP contribution in [0.2, 0.25) is 0 Å². The largest absolute Gasteiger partial charge is 0.481 e. The normalized spacial score (nSPS) is 18.7. The number of ether oxygens (including phenoxy) is 1. The van der Waals surface area contributed by atoms with Crippen LogP contribution in [-0.2, 0) is 16.1 Å². The molecule has 2 heterocycles. The monoisotopic (exact) mass is 307 g/mol. The average Bonchev–Trinajstić information content (AvgIpc) is 2.69. The molecule has 0 bridgehead atoms. The summed E-state index contributed by atoms with van der Waals surface area (Å²) >= 11 is 0. The molecule has 1 saturated heterocycles. The van der Waals surface area contributed by atoms with E-state index in [0.717, 1.165) is 18.4 Å². The zero-order chi connectivity index (χ0) is 15.9. The summed E-state index contributed by atoms with van der Waals surface area (Å²) < 4.78 is 5.02. The summed E-state index contributed by atoms with van der Waals surface area (Å²) in [6.07, 6.45) is 2.68. The lowest BCUT2D eigenvalue weighted by atomic mass is 10.2. The van der Waals surface area contributed by atoms with Crippen molar-refractivity contribution < 1.29 is 19.4 Å². The van der Waals surface area contributed by atoms with E-state index in [1.807, 2.05) is 0 Å². The number of rotatable bonds is 5. The van der Waals surface area contributed by atoms with Gasteiger partial charge >= 0.3 is 0 Å². The topological polar surface area (TPSA) is 91.8 Å². The van der Waals surface area contributed by atoms with Crippen LogP contribution in [0.4, 0.5) is 0 Å². The molecule has 2 rings (SSSR count). The molecule has 0 radical (unpaired) electrons. The van der Waals surface area contributed by atoms with E-state index >= 15 is 0 Å². The molecule has 7 nitrogen and oxygen atoms in total. The number of nitrogens with zero attached hydrogens (tertiary/aromatic N) is 2. The zero-order valence-corrected chi connectivity index (χ0v) is 12.6. The molecule has 0 aromatic carbocycles. The Hall–Kier alpha value is -2.15. The highest BCUT2D eigenvalue weighted by atomic mass is 16.5. The van der Waals surface area contributed by atoms with Gasteiger partial charge in [0.1, 0.15) is 6.10 Å². The molecule has 0 aliphatic carbocycles. The first-order valence-electron chi connectivity index (χ1n) is 7.32. The smallest absolute Gasteiger partial charge is 0.251 e. The minimum absolute atomic E-state index is 0.0297. The van der Waals surface area contributed by atoms with Gasteiger partial charge in [0.15, 0.2) is 0 Å². The Bertz CT molecular complexity index is 535. The lowest BCUT2D eigenvalue weighted by Gasteiger charge is -2.21. The molecule has 1 aromatic rings. The number of methoxy groups -OCH3 is 1. The summed E-state index contributed by atoms with van der Waals surface area (Å²) in [6.45, 7) is 0.812. The van der Waals surface area contributed by atoms with E-state index in [1.165, 1.54) is 12.0 Å². The first-order chi connectivity index (χ1) is 10.6. The number of amides is 2. The molecule has 7 heteroatoms. The fraction of sp³-hybridized carbons (Fsp3) is 0.533. The molecule has 1 fully saturated rings. The van der Waals surface area contributed by atoms with E-state index < -0.39 is 6.10 Å². The maximum absolute atomic E-state index is 12.0. The van der Waals surface area contributed by atoms with Gasteiger partial charge in [0, 0.05) is 25.4 Å². The predicted octanol–water partition coefficient (Wildman–Crippen LogP) is 0.0798. The third-order valence-electron chi connectivity index (χ3n) is 3.58. The number of likely N-dealkylation sites (tertiary alicyclic amines) is 1. The number of aliphatic hydroxyl groups is 1. The number of nitrogens with one attached hydrogen (secondary N) is 1. The molecule has 120 valence electrons. The van der Waals surface area contributed by atoms with Crippen molar-refractivity contribution in [1.82, 2.24) is 15.2 Å². The molecule has 0 spiro atoms. The van der Waals surface area contributed by atoms with Gasteiger partial charge in [-0.25, -0.2) is 4.98 Å². The van der Waals surface area contributed by atoms with Gasteiger partial charge in [-0.05, 0) is 30.9 Å². The molecule has 22 heavy (non-hydrogen) atoms.